The molecule has 1 saturated carbocycles. The zero-order chi connectivity index (χ0) is 8.39. The third kappa shape index (κ3) is 1.69. The van der Waals surface area contributed by atoms with Gasteiger partial charge in [0.25, 0.3) is 0 Å². The molecule has 1 fully saturated rings. The fourth-order valence-corrected chi connectivity index (χ4v) is 1.60. The maximum atomic E-state index is 2.25. The van der Waals surface area contributed by atoms with Gasteiger partial charge in [-0.3, -0.25) is 0 Å². The van der Waals surface area contributed by atoms with Crippen LogP contribution in [0.4, 0.5) is 0 Å². The SMILES string of the molecule is Cc1ccc(C[C]2CCC2)cc1. The van der Waals surface area contributed by atoms with Crippen LogP contribution in [0.15, 0.2) is 24.3 Å². The molecule has 0 heteroatoms. The van der Waals surface area contributed by atoms with Gasteiger partial charge in [-0.15, -0.1) is 0 Å². The highest BCUT2D eigenvalue weighted by Crippen LogP contribution is 2.31. The first-order valence-electron chi connectivity index (χ1n) is 4.74. The van der Waals surface area contributed by atoms with Crippen molar-refractivity contribution in [2.45, 2.75) is 32.6 Å². The highest BCUT2D eigenvalue weighted by Gasteiger charge is 2.17. The van der Waals surface area contributed by atoms with Crippen molar-refractivity contribution < 1.29 is 0 Å². The lowest BCUT2D eigenvalue weighted by Crippen LogP contribution is -2.10. The summed E-state index contributed by atoms with van der Waals surface area (Å²) in [6.07, 6.45) is 5.38. The van der Waals surface area contributed by atoms with Crippen LogP contribution in [0.1, 0.15) is 30.4 Å². The van der Waals surface area contributed by atoms with E-state index in [1.165, 1.54) is 36.8 Å². The maximum absolute atomic E-state index is 2.25. The molecule has 1 aliphatic carbocycles. The van der Waals surface area contributed by atoms with Crippen molar-refractivity contribution in [3.05, 3.63) is 41.3 Å². The van der Waals surface area contributed by atoms with Gasteiger partial charge in [-0.25, -0.2) is 0 Å². The summed E-state index contributed by atoms with van der Waals surface area (Å²) in [5.74, 6) is 1.74. The van der Waals surface area contributed by atoms with Crippen LogP contribution < -0.4 is 0 Å². The average Bonchev–Trinajstić information content (AvgIpc) is 2.00. The minimum absolute atomic E-state index is 1.22. The molecule has 1 aromatic rings. The standard InChI is InChI=1S/C12H15/c1-10-5-7-12(8-6-10)9-11-3-2-4-11/h5-8H,2-4,9H2,1H3. The largest absolute Gasteiger partial charge is 0.0591 e. The summed E-state index contributed by atoms with van der Waals surface area (Å²) < 4.78 is 0. The topological polar surface area (TPSA) is 0 Å². The summed E-state index contributed by atoms with van der Waals surface area (Å²) >= 11 is 0. The second kappa shape index (κ2) is 3.30. The van der Waals surface area contributed by atoms with E-state index < -0.39 is 0 Å². The van der Waals surface area contributed by atoms with E-state index in [1.54, 1.807) is 5.92 Å². The van der Waals surface area contributed by atoms with Crippen LogP contribution in [-0.2, 0) is 6.42 Å². The van der Waals surface area contributed by atoms with Crippen LogP contribution in [0.3, 0.4) is 0 Å². The van der Waals surface area contributed by atoms with Crippen LogP contribution >= 0.6 is 0 Å². The maximum Gasteiger partial charge on any atom is -0.0197 e. The molecule has 0 bridgehead atoms. The number of hydrogen-bond donors (Lipinski definition) is 0. The molecule has 0 spiro atoms. The summed E-state index contributed by atoms with van der Waals surface area (Å²) in [7, 11) is 0. The molecule has 0 N–H and O–H groups in total. The van der Waals surface area contributed by atoms with Crippen molar-refractivity contribution in [1.29, 1.82) is 0 Å². The Hall–Kier alpha value is -0.780. The molecule has 0 heterocycles. The summed E-state index contributed by atoms with van der Waals surface area (Å²) in [6.45, 7) is 2.14. The van der Waals surface area contributed by atoms with Gasteiger partial charge in [0, 0.05) is 0 Å². The van der Waals surface area contributed by atoms with Crippen molar-refractivity contribution in [3.8, 4) is 0 Å². The Bertz CT molecular complexity index is 241. The van der Waals surface area contributed by atoms with Gasteiger partial charge in [0.05, 0.1) is 0 Å². The van der Waals surface area contributed by atoms with Gasteiger partial charge in [-0.2, -0.15) is 0 Å². The lowest BCUT2D eigenvalue weighted by atomic mass is 9.81. The minimum Gasteiger partial charge on any atom is -0.0591 e. The number of aryl methyl sites for hydroxylation is 1. The van der Waals surface area contributed by atoms with Gasteiger partial charge in [-0.05, 0) is 37.7 Å². The van der Waals surface area contributed by atoms with Crippen LogP contribution in [0.2, 0.25) is 0 Å². The molecule has 63 valence electrons. The van der Waals surface area contributed by atoms with Crippen molar-refractivity contribution in [2.24, 2.45) is 0 Å². The normalized spacial score (nSPS) is 17.4. The van der Waals surface area contributed by atoms with E-state index >= 15 is 0 Å². The van der Waals surface area contributed by atoms with Gasteiger partial charge in [0.1, 0.15) is 0 Å². The molecule has 0 unspecified atom stereocenters. The second-order valence-electron chi connectivity index (χ2n) is 3.77. The lowest BCUT2D eigenvalue weighted by molar-refractivity contribution is 0.528. The Morgan fingerprint density at radius 2 is 1.75 bits per heavy atom. The predicted octanol–water partition coefficient (Wildman–Crippen LogP) is 3.30. The smallest absolute Gasteiger partial charge is 0.0197 e. The molecule has 1 radical (unpaired) electrons. The molecule has 0 aromatic heterocycles. The van der Waals surface area contributed by atoms with Crippen LogP contribution in [0.5, 0.6) is 0 Å². The molecule has 0 nitrogen and oxygen atoms in total. The number of hydrogen-bond acceptors (Lipinski definition) is 0. The van der Waals surface area contributed by atoms with Crippen molar-refractivity contribution in [2.75, 3.05) is 0 Å². The molecule has 12 heavy (non-hydrogen) atoms. The molecule has 0 saturated heterocycles. The Morgan fingerprint density at radius 1 is 1.08 bits per heavy atom. The van der Waals surface area contributed by atoms with Gasteiger partial charge < -0.3 is 0 Å². The summed E-state index contributed by atoms with van der Waals surface area (Å²) in [5.41, 5.74) is 2.84. The van der Waals surface area contributed by atoms with Gasteiger partial charge in [0.2, 0.25) is 0 Å². The average molecular weight is 159 g/mol. The number of rotatable bonds is 2. The van der Waals surface area contributed by atoms with Crippen LogP contribution in [0.25, 0.3) is 0 Å². The molecule has 0 atom stereocenters. The van der Waals surface area contributed by atoms with Crippen LogP contribution in [-0.4, -0.2) is 0 Å². The van der Waals surface area contributed by atoms with Gasteiger partial charge in [-0.1, -0.05) is 36.2 Å². The number of benzene rings is 1. The van der Waals surface area contributed by atoms with E-state index in [0.717, 1.165) is 0 Å². The van der Waals surface area contributed by atoms with Crippen molar-refractivity contribution in [3.63, 3.8) is 0 Å². The highest BCUT2D eigenvalue weighted by atomic mass is 14.2. The van der Waals surface area contributed by atoms with E-state index in [4.69, 9.17) is 0 Å². The molecule has 2 rings (SSSR count). The zero-order valence-electron chi connectivity index (χ0n) is 7.64. The van der Waals surface area contributed by atoms with Gasteiger partial charge >= 0.3 is 0 Å². The second-order valence-corrected chi connectivity index (χ2v) is 3.77. The zero-order valence-corrected chi connectivity index (χ0v) is 7.64. The lowest BCUT2D eigenvalue weighted by Gasteiger charge is -2.24. The van der Waals surface area contributed by atoms with E-state index in [2.05, 4.69) is 31.2 Å². The summed E-state index contributed by atoms with van der Waals surface area (Å²) in [5, 5.41) is 0. The Kier molecular flexibility index (Phi) is 2.16. The quantitative estimate of drug-likeness (QED) is 0.621. The first-order chi connectivity index (χ1) is 5.84. The summed E-state index contributed by atoms with van der Waals surface area (Å²) in [4.78, 5) is 0. The molecule has 0 amide bonds. The molecule has 1 aromatic carbocycles. The Balaban J connectivity index is 1.98. The van der Waals surface area contributed by atoms with E-state index in [-0.39, 0.29) is 0 Å². The Labute approximate surface area is 74.6 Å². The molecular formula is C12H15. The van der Waals surface area contributed by atoms with E-state index in [9.17, 15) is 0 Å². The first kappa shape index (κ1) is 7.85. The Morgan fingerprint density at radius 3 is 2.25 bits per heavy atom. The van der Waals surface area contributed by atoms with Crippen molar-refractivity contribution in [1.82, 2.24) is 0 Å². The van der Waals surface area contributed by atoms with Crippen LogP contribution in [0, 0.1) is 12.8 Å². The minimum atomic E-state index is 1.22. The van der Waals surface area contributed by atoms with Crippen molar-refractivity contribution >= 4 is 0 Å². The first-order valence-corrected chi connectivity index (χ1v) is 4.74. The molecular weight excluding hydrogens is 144 g/mol. The summed E-state index contributed by atoms with van der Waals surface area (Å²) in [6, 6.07) is 8.91. The highest BCUT2D eigenvalue weighted by molar-refractivity contribution is 5.24. The third-order valence-electron chi connectivity index (χ3n) is 2.64. The fraction of sp³-hybridized carbons (Fsp3) is 0.417. The van der Waals surface area contributed by atoms with E-state index in [0.29, 0.717) is 0 Å². The molecule has 0 aliphatic heterocycles. The fourth-order valence-electron chi connectivity index (χ4n) is 1.60. The van der Waals surface area contributed by atoms with Gasteiger partial charge in [0.15, 0.2) is 0 Å². The molecule has 1 aliphatic rings. The monoisotopic (exact) mass is 159 g/mol. The van der Waals surface area contributed by atoms with E-state index in [1.807, 2.05) is 0 Å². The predicted molar refractivity (Wildman–Crippen MR) is 52.0 cm³/mol. The third-order valence-corrected chi connectivity index (χ3v) is 2.64.